The Morgan fingerprint density at radius 1 is 1.03 bits per heavy atom. The predicted octanol–water partition coefficient (Wildman–Crippen LogP) is 5.82. The van der Waals surface area contributed by atoms with E-state index in [0.717, 1.165) is 24.3 Å². The van der Waals surface area contributed by atoms with Gasteiger partial charge in [0.1, 0.15) is 10.8 Å². The highest BCUT2D eigenvalue weighted by atomic mass is 35.5. The number of nitrogens with one attached hydrogen (secondary N) is 1. The van der Waals surface area contributed by atoms with E-state index < -0.39 is 0 Å². The Bertz CT molecular complexity index is 935. The van der Waals surface area contributed by atoms with Crippen molar-refractivity contribution in [3.05, 3.63) is 69.1 Å². The summed E-state index contributed by atoms with van der Waals surface area (Å²) in [6.45, 7) is 0.385. The molecule has 1 amide bonds. The minimum atomic E-state index is -0.109. The lowest BCUT2D eigenvalue weighted by Gasteiger charge is -2.07. The maximum absolute atomic E-state index is 12.1. The summed E-state index contributed by atoms with van der Waals surface area (Å²) in [6.07, 6.45) is 3.73. The fourth-order valence-corrected chi connectivity index (χ4v) is 3.94. The van der Waals surface area contributed by atoms with E-state index in [-0.39, 0.29) is 5.91 Å². The molecule has 152 valence electrons. The number of hydrogen-bond donors (Lipinski definition) is 1. The molecule has 0 bridgehead atoms. The summed E-state index contributed by atoms with van der Waals surface area (Å²) < 4.78 is 5.58. The van der Waals surface area contributed by atoms with Gasteiger partial charge in [0, 0.05) is 17.9 Å². The van der Waals surface area contributed by atoms with E-state index in [9.17, 15) is 4.79 Å². The van der Waals surface area contributed by atoms with Crippen molar-refractivity contribution in [2.24, 2.45) is 0 Å². The van der Waals surface area contributed by atoms with E-state index in [1.54, 1.807) is 18.2 Å². The highest BCUT2D eigenvalue weighted by molar-refractivity contribution is 7.15. The van der Waals surface area contributed by atoms with E-state index >= 15 is 0 Å². The summed E-state index contributed by atoms with van der Waals surface area (Å²) in [5.41, 5.74) is 1.31. The normalized spacial score (nSPS) is 10.7. The average Bonchev–Trinajstić information content (AvgIpc) is 3.14. The molecule has 2 aromatic carbocycles. The standard InChI is InChI=1S/C21H21Cl2N3O2S/c22-16-11-12-18(17(23)14-16)28-13-5-9-19(27)24-21-26-25-20(29-21)10-4-8-15-6-2-1-3-7-15/h1-3,6-7,11-12,14H,4-5,8-10,13H2,(H,24,26,27). The third kappa shape index (κ3) is 7.31. The highest BCUT2D eigenvalue weighted by Gasteiger charge is 2.09. The van der Waals surface area contributed by atoms with Crippen molar-refractivity contribution in [2.75, 3.05) is 11.9 Å². The Morgan fingerprint density at radius 2 is 1.86 bits per heavy atom. The van der Waals surface area contributed by atoms with Crippen LogP contribution in [0.5, 0.6) is 5.75 Å². The zero-order valence-electron chi connectivity index (χ0n) is 15.7. The number of anilines is 1. The zero-order valence-corrected chi connectivity index (χ0v) is 18.1. The Balaban J connectivity index is 1.34. The van der Waals surface area contributed by atoms with E-state index in [1.807, 2.05) is 18.2 Å². The van der Waals surface area contributed by atoms with Crippen LogP contribution < -0.4 is 10.1 Å². The second-order valence-electron chi connectivity index (χ2n) is 6.42. The Kier molecular flexibility index (Phi) is 8.28. The summed E-state index contributed by atoms with van der Waals surface area (Å²) in [6, 6.07) is 15.4. The van der Waals surface area contributed by atoms with Crippen molar-refractivity contribution in [2.45, 2.75) is 32.1 Å². The minimum absolute atomic E-state index is 0.109. The summed E-state index contributed by atoms with van der Waals surface area (Å²) in [5, 5.41) is 13.5. The lowest BCUT2D eigenvalue weighted by Crippen LogP contribution is -2.12. The van der Waals surface area contributed by atoms with Gasteiger partial charge in [-0.25, -0.2) is 0 Å². The smallest absolute Gasteiger partial charge is 0.226 e. The van der Waals surface area contributed by atoms with Crippen LogP contribution in [0.1, 0.15) is 29.8 Å². The van der Waals surface area contributed by atoms with Gasteiger partial charge in [0.05, 0.1) is 11.6 Å². The number of halogens is 2. The lowest BCUT2D eigenvalue weighted by atomic mass is 10.1. The van der Waals surface area contributed by atoms with Crippen LogP contribution in [0.15, 0.2) is 48.5 Å². The molecule has 3 rings (SSSR count). The van der Waals surface area contributed by atoms with Crippen molar-refractivity contribution in [1.82, 2.24) is 10.2 Å². The first-order valence-electron chi connectivity index (χ1n) is 9.34. The number of carbonyl (C=O) groups excluding carboxylic acids is 1. The van der Waals surface area contributed by atoms with Gasteiger partial charge in [-0.15, -0.1) is 10.2 Å². The average molecular weight is 450 g/mol. The van der Waals surface area contributed by atoms with Gasteiger partial charge in [0.15, 0.2) is 0 Å². The molecular weight excluding hydrogens is 429 g/mol. The second-order valence-corrected chi connectivity index (χ2v) is 8.32. The molecule has 0 saturated carbocycles. The van der Waals surface area contributed by atoms with Crippen LogP contribution in [0, 0.1) is 0 Å². The van der Waals surface area contributed by atoms with Crippen LogP contribution in [-0.4, -0.2) is 22.7 Å². The molecule has 3 aromatic rings. The number of amides is 1. The van der Waals surface area contributed by atoms with Gasteiger partial charge in [0.2, 0.25) is 11.0 Å². The van der Waals surface area contributed by atoms with Gasteiger partial charge in [-0.05, 0) is 43.0 Å². The summed E-state index contributed by atoms with van der Waals surface area (Å²) in [5.74, 6) is 0.448. The van der Waals surface area contributed by atoms with Crippen LogP contribution in [0.3, 0.4) is 0 Å². The maximum Gasteiger partial charge on any atom is 0.226 e. The van der Waals surface area contributed by atoms with Crippen LogP contribution in [0.2, 0.25) is 10.0 Å². The fraction of sp³-hybridized carbons (Fsp3) is 0.286. The van der Waals surface area contributed by atoms with Gasteiger partial charge in [0.25, 0.3) is 0 Å². The van der Waals surface area contributed by atoms with Crippen molar-refractivity contribution in [1.29, 1.82) is 0 Å². The molecule has 0 radical (unpaired) electrons. The number of hydrogen-bond acceptors (Lipinski definition) is 5. The Hall–Kier alpha value is -2.15. The minimum Gasteiger partial charge on any atom is -0.492 e. The van der Waals surface area contributed by atoms with Crippen molar-refractivity contribution in [3.63, 3.8) is 0 Å². The second kappa shape index (κ2) is 11.1. The van der Waals surface area contributed by atoms with Crippen molar-refractivity contribution < 1.29 is 9.53 Å². The molecule has 0 fully saturated rings. The van der Waals surface area contributed by atoms with E-state index in [2.05, 4.69) is 27.6 Å². The van der Waals surface area contributed by atoms with Crippen molar-refractivity contribution >= 4 is 45.6 Å². The number of benzene rings is 2. The zero-order chi connectivity index (χ0) is 20.5. The number of aromatic nitrogens is 2. The Labute approximate surface area is 184 Å². The SMILES string of the molecule is O=C(CCCOc1ccc(Cl)cc1Cl)Nc1nnc(CCCc2ccccc2)s1. The molecule has 1 heterocycles. The maximum atomic E-state index is 12.1. The topological polar surface area (TPSA) is 64.1 Å². The number of rotatable bonds is 10. The van der Waals surface area contributed by atoms with Crippen LogP contribution in [-0.2, 0) is 17.6 Å². The van der Waals surface area contributed by atoms with E-state index in [0.29, 0.717) is 40.4 Å². The molecular formula is C21H21Cl2N3O2S. The predicted molar refractivity (Wildman–Crippen MR) is 118 cm³/mol. The quantitative estimate of drug-likeness (QED) is 0.396. The summed E-state index contributed by atoms with van der Waals surface area (Å²) >= 11 is 13.3. The van der Waals surface area contributed by atoms with E-state index in [4.69, 9.17) is 27.9 Å². The molecule has 0 saturated heterocycles. The number of carbonyl (C=O) groups is 1. The molecule has 5 nitrogen and oxygen atoms in total. The molecule has 1 N–H and O–H groups in total. The molecule has 0 unspecified atom stereocenters. The first-order valence-corrected chi connectivity index (χ1v) is 10.9. The fourth-order valence-electron chi connectivity index (χ4n) is 2.68. The van der Waals surface area contributed by atoms with E-state index in [1.165, 1.54) is 16.9 Å². The molecule has 0 atom stereocenters. The van der Waals surface area contributed by atoms with Gasteiger partial charge < -0.3 is 10.1 Å². The number of nitrogens with zero attached hydrogens (tertiary/aromatic N) is 2. The molecule has 0 spiro atoms. The molecule has 1 aromatic heterocycles. The largest absolute Gasteiger partial charge is 0.492 e. The highest BCUT2D eigenvalue weighted by Crippen LogP contribution is 2.27. The molecule has 0 aliphatic rings. The van der Waals surface area contributed by atoms with Crippen LogP contribution in [0.4, 0.5) is 5.13 Å². The lowest BCUT2D eigenvalue weighted by molar-refractivity contribution is -0.116. The van der Waals surface area contributed by atoms with Crippen LogP contribution in [0.25, 0.3) is 0 Å². The van der Waals surface area contributed by atoms with Gasteiger partial charge in [-0.3, -0.25) is 4.79 Å². The van der Waals surface area contributed by atoms with Gasteiger partial charge in [-0.1, -0.05) is 64.9 Å². The van der Waals surface area contributed by atoms with Gasteiger partial charge in [-0.2, -0.15) is 0 Å². The summed E-state index contributed by atoms with van der Waals surface area (Å²) in [4.78, 5) is 12.1. The third-order valence-corrected chi connectivity index (χ3v) is 5.54. The van der Waals surface area contributed by atoms with Crippen LogP contribution >= 0.6 is 34.5 Å². The molecule has 0 aliphatic heterocycles. The summed E-state index contributed by atoms with van der Waals surface area (Å²) in [7, 11) is 0. The number of ether oxygens (including phenoxy) is 1. The molecule has 8 heteroatoms. The van der Waals surface area contributed by atoms with Crippen molar-refractivity contribution in [3.8, 4) is 5.75 Å². The first kappa shape index (κ1) is 21.6. The molecule has 0 aliphatic carbocycles. The molecule has 29 heavy (non-hydrogen) atoms. The van der Waals surface area contributed by atoms with Gasteiger partial charge >= 0.3 is 0 Å². The Morgan fingerprint density at radius 3 is 2.66 bits per heavy atom. The monoisotopic (exact) mass is 449 g/mol. The third-order valence-electron chi connectivity index (χ3n) is 4.11. The first-order chi connectivity index (χ1) is 14.1. The number of aryl methyl sites for hydroxylation is 2.